The normalized spacial score (nSPS) is 15.0. The number of amides is 1. The molecule has 0 aliphatic carbocycles. The van der Waals surface area contributed by atoms with Gasteiger partial charge in [0.15, 0.2) is 5.96 Å². The van der Waals surface area contributed by atoms with E-state index in [1.165, 1.54) is 18.4 Å². The SMILES string of the molecule is NC(=N[C@H](CC(=O)NCCN1CCCC1)Cc1ccccc1)Nc1ccc(-c2ccccc2)cc1. The molecule has 1 aliphatic heterocycles. The fourth-order valence-corrected chi connectivity index (χ4v) is 4.45. The van der Waals surface area contributed by atoms with Gasteiger partial charge in [0.1, 0.15) is 0 Å². The van der Waals surface area contributed by atoms with Gasteiger partial charge in [0.05, 0.1) is 6.04 Å². The Morgan fingerprint density at radius 1 is 0.886 bits per heavy atom. The number of nitrogens with one attached hydrogen (secondary N) is 2. The van der Waals surface area contributed by atoms with Gasteiger partial charge in [0, 0.05) is 25.2 Å². The van der Waals surface area contributed by atoms with Crippen LogP contribution in [0.5, 0.6) is 0 Å². The van der Waals surface area contributed by atoms with Crippen molar-refractivity contribution in [3.63, 3.8) is 0 Å². The summed E-state index contributed by atoms with van der Waals surface area (Å²) in [4.78, 5) is 19.7. The fraction of sp³-hybridized carbons (Fsp3) is 0.310. The first-order valence-corrected chi connectivity index (χ1v) is 12.4. The zero-order valence-corrected chi connectivity index (χ0v) is 20.2. The van der Waals surface area contributed by atoms with Crippen LogP contribution in [0.3, 0.4) is 0 Å². The van der Waals surface area contributed by atoms with Crippen molar-refractivity contribution in [1.82, 2.24) is 10.2 Å². The zero-order chi connectivity index (χ0) is 24.3. The summed E-state index contributed by atoms with van der Waals surface area (Å²) >= 11 is 0. The minimum absolute atomic E-state index is 0.00823. The van der Waals surface area contributed by atoms with Crippen LogP contribution < -0.4 is 16.4 Å². The van der Waals surface area contributed by atoms with Gasteiger partial charge in [-0.05, 0) is 61.2 Å². The molecule has 1 fully saturated rings. The van der Waals surface area contributed by atoms with Gasteiger partial charge in [-0.25, -0.2) is 4.99 Å². The lowest BCUT2D eigenvalue weighted by Gasteiger charge is -2.17. The van der Waals surface area contributed by atoms with Crippen LogP contribution in [0.1, 0.15) is 24.8 Å². The third-order valence-corrected chi connectivity index (χ3v) is 6.27. The van der Waals surface area contributed by atoms with Crippen LogP contribution in [0.2, 0.25) is 0 Å². The summed E-state index contributed by atoms with van der Waals surface area (Å²) in [5.74, 6) is 0.317. The summed E-state index contributed by atoms with van der Waals surface area (Å²) in [6, 6.07) is 28.2. The molecule has 0 radical (unpaired) electrons. The van der Waals surface area contributed by atoms with Crippen molar-refractivity contribution in [2.45, 2.75) is 31.7 Å². The van der Waals surface area contributed by atoms with Crippen LogP contribution in [0.25, 0.3) is 11.1 Å². The van der Waals surface area contributed by atoms with Crippen LogP contribution in [-0.4, -0.2) is 49.0 Å². The highest BCUT2D eigenvalue weighted by atomic mass is 16.1. The standard InChI is InChI=1S/C29H35N5O/c30-29(32-26-15-13-25(14-16-26)24-11-5-2-6-12-24)33-27(21-23-9-3-1-4-10-23)22-28(35)31-17-20-34-18-7-8-19-34/h1-6,9-16,27H,7-8,17-22H2,(H,31,35)(H3,30,32,33)/t27-/m0/s1. The second kappa shape index (κ2) is 12.7. The first kappa shape index (κ1) is 24.5. The van der Waals surface area contributed by atoms with Crippen molar-refractivity contribution < 1.29 is 4.79 Å². The first-order valence-electron chi connectivity index (χ1n) is 12.4. The lowest BCUT2D eigenvalue weighted by molar-refractivity contribution is -0.121. The fourth-order valence-electron chi connectivity index (χ4n) is 4.45. The van der Waals surface area contributed by atoms with E-state index in [1.54, 1.807) is 0 Å². The molecule has 0 unspecified atom stereocenters. The number of rotatable bonds is 10. The molecule has 1 heterocycles. The highest BCUT2D eigenvalue weighted by molar-refractivity contribution is 5.93. The number of nitrogens with zero attached hydrogens (tertiary/aromatic N) is 2. The summed E-state index contributed by atoms with van der Waals surface area (Å²) in [6.07, 6.45) is 3.45. The molecule has 1 saturated heterocycles. The number of benzene rings is 3. The number of anilines is 1. The molecule has 1 amide bonds. The third kappa shape index (κ3) is 7.97. The molecule has 6 heteroatoms. The number of carbonyl (C=O) groups excluding carboxylic acids is 1. The third-order valence-electron chi connectivity index (χ3n) is 6.27. The lowest BCUT2D eigenvalue weighted by Crippen LogP contribution is -2.35. The summed E-state index contributed by atoms with van der Waals surface area (Å²) in [6.45, 7) is 3.83. The molecule has 6 nitrogen and oxygen atoms in total. The molecule has 3 aromatic rings. The highest BCUT2D eigenvalue weighted by Gasteiger charge is 2.16. The van der Waals surface area contributed by atoms with Crippen molar-refractivity contribution in [2.75, 3.05) is 31.5 Å². The number of guanidine groups is 1. The summed E-state index contributed by atoms with van der Waals surface area (Å²) in [5, 5.41) is 6.24. The maximum absolute atomic E-state index is 12.7. The Hall–Kier alpha value is -3.64. The van der Waals surface area contributed by atoms with E-state index in [4.69, 9.17) is 5.73 Å². The number of aliphatic imine (C=N–C) groups is 1. The number of hydrogen-bond acceptors (Lipinski definition) is 3. The molecular weight excluding hydrogens is 434 g/mol. The van der Waals surface area contributed by atoms with Gasteiger partial charge in [-0.3, -0.25) is 4.79 Å². The van der Waals surface area contributed by atoms with E-state index >= 15 is 0 Å². The van der Waals surface area contributed by atoms with Crippen LogP contribution in [0, 0.1) is 0 Å². The lowest BCUT2D eigenvalue weighted by atomic mass is 10.0. The molecule has 35 heavy (non-hydrogen) atoms. The van der Waals surface area contributed by atoms with E-state index in [0.717, 1.165) is 36.4 Å². The second-order valence-corrected chi connectivity index (χ2v) is 9.03. The molecule has 1 atom stereocenters. The maximum atomic E-state index is 12.7. The van der Waals surface area contributed by atoms with Crippen molar-refractivity contribution in [3.05, 3.63) is 90.5 Å². The number of likely N-dealkylation sites (tertiary alicyclic amines) is 1. The summed E-state index contributed by atoms with van der Waals surface area (Å²) in [7, 11) is 0. The topological polar surface area (TPSA) is 82.7 Å². The number of carbonyl (C=O) groups is 1. The predicted molar refractivity (Wildman–Crippen MR) is 144 cm³/mol. The second-order valence-electron chi connectivity index (χ2n) is 9.03. The molecule has 1 aliphatic rings. The average molecular weight is 470 g/mol. The maximum Gasteiger partial charge on any atom is 0.222 e. The Morgan fingerprint density at radius 3 is 2.20 bits per heavy atom. The Balaban J connectivity index is 1.37. The predicted octanol–water partition coefficient (Wildman–Crippen LogP) is 4.29. The zero-order valence-electron chi connectivity index (χ0n) is 20.2. The van der Waals surface area contributed by atoms with Crippen molar-refractivity contribution in [1.29, 1.82) is 0 Å². The van der Waals surface area contributed by atoms with E-state index in [2.05, 4.69) is 56.9 Å². The minimum atomic E-state index is -0.250. The monoisotopic (exact) mass is 469 g/mol. The number of hydrogen-bond donors (Lipinski definition) is 3. The molecule has 0 aromatic heterocycles. The first-order chi connectivity index (χ1) is 17.2. The Labute approximate surface area is 208 Å². The van der Waals surface area contributed by atoms with Crippen molar-refractivity contribution in [3.8, 4) is 11.1 Å². The Kier molecular flexibility index (Phi) is 8.90. The van der Waals surface area contributed by atoms with Crippen molar-refractivity contribution >= 4 is 17.6 Å². The Morgan fingerprint density at radius 2 is 1.51 bits per heavy atom. The molecule has 182 valence electrons. The van der Waals surface area contributed by atoms with E-state index in [9.17, 15) is 4.79 Å². The minimum Gasteiger partial charge on any atom is -0.370 e. The smallest absolute Gasteiger partial charge is 0.222 e. The molecule has 0 bridgehead atoms. The largest absolute Gasteiger partial charge is 0.370 e. The average Bonchev–Trinajstić information content (AvgIpc) is 3.39. The molecule has 0 spiro atoms. The van der Waals surface area contributed by atoms with Crippen LogP contribution in [-0.2, 0) is 11.2 Å². The highest BCUT2D eigenvalue weighted by Crippen LogP contribution is 2.21. The molecular formula is C29H35N5O. The van der Waals surface area contributed by atoms with Gasteiger partial charge in [-0.1, -0.05) is 72.8 Å². The van der Waals surface area contributed by atoms with E-state index in [1.807, 2.05) is 48.5 Å². The molecule has 4 N–H and O–H groups in total. The molecule has 4 rings (SSSR count). The van der Waals surface area contributed by atoms with E-state index in [0.29, 0.717) is 25.3 Å². The molecule has 0 saturated carbocycles. The van der Waals surface area contributed by atoms with Gasteiger partial charge in [-0.15, -0.1) is 0 Å². The van der Waals surface area contributed by atoms with Gasteiger partial charge >= 0.3 is 0 Å². The van der Waals surface area contributed by atoms with Gasteiger partial charge < -0.3 is 21.3 Å². The Bertz CT molecular complexity index is 1080. The molecule has 3 aromatic carbocycles. The van der Waals surface area contributed by atoms with Crippen LogP contribution in [0.15, 0.2) is 89.9 Å². The van der Waals surface area contributed by atoms with Crippen LogP contribution >= 0.6 is 0 Å². The van der Waals surface area contributed by atoms with Crippen LogP contribution in [0.4, 0.5) is 5.69 Å². The number of nitrogens with two attached hydrogens (primary N) is 1. The van der Waals surface area contributed by atoms with Gasteiger partial charge in [0.25, 0.3) is 0 Å². The quantitative estimate of drug-likeness (QED) is 0.306. The summed E-state index contributed by atoms with van der Waals surface area (Å²) < 4.78 is 0. The van der Waals surface area contributed by atoms with Crippen molar-refractivity contribution in [2.24, 2.45) is 10.7 Å². The van der Waals surface area contributed by atoms with Gasteiger partial charge in [0.2, 0.25) is 5.91 Å². The van der Waals surface area contributed by atoms with Gasteiger partial charge in [-0.2, -0.15) is 0 Å². The van der Waals surface area contributed by atoms with E-state index in [-0.39, 0.29) is 11.9 Å². The summed E-state index contributed by atoms with van der Waals surface area (Å²) in [5.41, 5.74) is 10.6. The van der Waals surface area contributed by atoms with E-state index < -0.39 is 0 Å².